The molecule has 2 aromatic rings. The van der Waals surface area contributed by atoms with Crippen LogP contribution in [0.4, 0.5) is 10.1 Å². The molecule has 104 valence electrons. The molecular formula is C14H9BrCl2FNO. The highest BCUT2D eigenvalue weighted by atomic mass is 79.9. The summed E-state index contributed by atoms with van der Waals surface area (Å²) in [7, 11) is 0. The molecule has 1 amide bonds. The highest BCUT2D eigenvalue weighted by Gasteiger charge is 2.15. The average molecular weight is 377 g/mol. The molecule has 0 aliphatic heterocycles. The van der Waals surface area contributed by atoms with Crippen molar-refractivity contribution in [3.8, 4) is 0 Å². The summed E-state index contributed by atoms with van der Waals surface area (Å²) in [6.07, 6.45) is 0. The maximum absolute atomic E-state index is 13.4. The summed E-state index contributed by atoms with van der Waals surface area (Å²) in [6, 6.07) is 7.44. The van der Waals surface area contributed by atoms with Gasteiger partial charge < -0.3 is 5.32 Å². The number of carbonyl (C=O) groups is 1. The first-order chi connectivity index (χ1) is 9.40. The number of anilines is 1. The summed E-state index contributed by atoms with van der Waals surface area (Å²) in [5.41, 5.74) is 1.36. The molecule has 20 heavy (non-hydrogen) atoms. The van der Waals surface area contributed by atoms with Crippen molar-refractivity contribution < 1.29 is 9.18 Å². The maximum Gasteiger partial charge on any atom is 0.256 e. The minimum absolute atomic E-state index is 0.104. The molecule has 0 radical (unpaired) electrons. The molecule has 1 N–H and O–H groups in total. The lowest BCUT2D eigenvalue weighted by Crippen LogP contribution is -2.13. The minimum Gasteiger partial charge on any atom is -0.321 e. The zero-order valence-corrected chi connectivity index (χ0v) is 13.4. The van der Waals surface area contributed by atoms with Crippen LogP contribution in [0, 0.1) is 12.7 Å². The third-order valence-corrected chi connectivity index (χ3v) is 4.22. The Labute approximate surface area is 134 Å². The predicted molar refractivity (Wildman–Crippen MR) is 83.3 cm³/mol. The number of hydrogen-bond donors (Lipinski definition) is 1. The van der Waals surface area contributed by atoms with Gasteiger partial charge >= 0.3 is 0 Å². The number of hydrogen-bond acceptors (Lipinski definition) is 1. The standard InChI is InChI=1S/C14H9BrCl2FNO/c1-7-5-10(17)12(6-9(7)16)19-14(20)8-3-2-4-11(18)13(8)15/h2-6H,1H3,(H,19,20). The Morgan fingerprint density at radius 1 is 1.25 bits per heavy atom. The molecule has 0 saturated carbocycles. The van der Waals surface area contributed by atoms with Gasteiger partial charge in [-0.1, -0.05) is 29.3 Å². The van der Waals surface area contributed by atoms with Crippen molar-refractivity contribution in [2.75, 3.05) is 5.32 Å². The van der Waals surface area contributed by atoms with Crippen LogP contribution in [0.1, 0.15) is 15.9 Å². The van der Waals surface area contributed by atoms with Crippen LogP contribution in [0.25, 0.3) is 0 Å². The second-order valence-electron chi connectivity index (χ2n) is 4.14. The Morgan fingerprint density at radius 2 is 1.95 bits per heavy atom. The first kappa shape index (κ1) is 15.3. The third kappa shape index (κ3) is 3.14. The van der Waals surface area contributed by atoms with Crippen LogP contribution in [-0.4, -0.2) is 5.91 Å². The van der Waals surface area contributed by atoms with Crippen LogP contribution in [0.2, 0.25) is 10.0 Å². The normalized spacial score (nSPS) is 10.4. The van der Waals surface area contributed by atoms with E-state index >= 15 is 0 Å². The lowest BCUT2D eigenvalue weighted by molar-refractivity contribution is 0.102. The summed E-state index contributed by atoms with van der Waals surface area (Å²) in [5.74, 6) is -0.983. The maximum atomic E-state index is 13.4. The van der Waals surface area contributed by atoms with Gasteiger partial charge in [0.1, 0.15) is 5.82 Å². The van der Waals surface area contributed by atoms with Gasteiger partial charge in [-0.15, -0.1) is 0 Å². The predicted octanol–water partition coefficient (Wildman–Crippen LogP) is 5.46. The Bertz CT molecular complexity index is 691. The monoisotopic (exact) mass is 375 g/mol. The highest BCUT2D eigenvalue weighted by molar-refractivity contribution is 9.10. The van der Waals surface area contributed by atoms with Gasteiger partial charge in [0.2, 0.25) is 0 Å². The fourth-order valence-electron chi connectivity index (χ4n) is 1.61. The van der Waals surface area contributed by atoms with Crippen LogP contribution in [0.3, 0.4) is 0 Å². The Balaban J connectivity index is 2.33. The van der Waals surface area contributed by atoms with Crippen LogP contribution in [-0.2, 0) is 0 Å². The molecule has 2 rings (SSSR count). The van der Waals surface area contributed by atoms with Gasteiger partial charge in [-0.3, -0.25) is 4.79 Å². The zero-order valence-electron chi connectivity index (χ0n) is 10.3. The first-order valence-electron chi connectivity index (χ1n) is 5.61. The van der Waals surface area contributed by atoms with Gasteiger partial charge in [0.15, 0.2) is 0 Å². The Morgan fingerprint density at radius 3 is 2.65 bits per heavy atom. The van der Waals surface area contributed by atoms with E-state index in [9.17, 15) is 9.18 Å². The SMILES string of the molecule is Cc1cc(Cl)c(NC(=O)c2cccc(F)c2Br)cc1Cl. The molecular weight excluding hydrogens is 368 g/mol. The minimum atomic E-state index is -0.509. The number of amides is 1. The quantitative estimate of drug-likeness (QED) is 0.741. The van der Waals surface area contributed by atoms with E-state index in [0.29, 0.717) is 15.7 Å². The molecule has 2 nitrogen and oxygen atoms in total. The summed E-state index contributed by atoms with van der Waals surface area (Å²) in [5, 5.41) is 3.47. The van der Waals surface area contributed by atoms with Crippen molar-refractivity contribution in [1.82, 2.24) is 0 Å². The molecule has 0 spiro atoms. The number of carbonyl (C=O) groups excluding carboxylic acids is 1. The summed E-state index contributed by atoms with van der Waals surface area (Å²) < 4.78 is 13.5. The lowest BCUT2D eigenvalue weighted by Gasteiger charge is -2.10. The van der Waals surface area contributed by atoms with Gasteiger partial charge in [-0.25, -0.2) is 4.39 Å². The second-order valence-corrected chi connectivity index (χ2v) is 5.74. The number of nitrogens with one attached hydrogen (secondary N) is 1. The smallest absolute Gasteiger partial charge is 0.256 e. The van der Waals surface area contributed by atoms with Crippen molar-refractivity contribution >= 4 is 50.7 Å². The van der Waals surface area contributed by atoms with Crippen LogP contribution in [0.15, 0.2) is 34.8 Å². The van der Waals surface area contributed by atoms with Crippen molar-refractivity contribution in [2.24, 2.45) is 0 Å². The molecule has 0 bridgehead atoms. The molecule has 2 aromatic carbocycles. The summed E-state index contributed by atoms with van der Waals surface area (Å²) >= 11 is 15.1. The molecule has 0 heterocycles. The van der Waals surface area contributed by atoms with Gasteiger partial charge in [-0.05, 0) is 52.7 Å². The Hall–Kier alpha value is -1.10. The van der Waals surface area contributed by atoms with E-state index in [1.807, 2.05) is 6.92 Å². The third-order valence-electron chi connectivity index (χ3n) is 2.69. The lowest BCUT2D eigenvalue weighted by atomic mass is 10.2. The molecule has 6 heteroatoms. The van der Waals surface area contributed by atoms with Gasteiger partial charge in [0.05, 0.1) is 20.7 Å². The molecule has 0 unspecified atom stereocenters. The molecule has 0 aliphatic rings. The highest BCUT2D eigenvalue weighted by Crippen LogP contribution is 2.30. The fourth-order valence-corrected chi connectivity index (χ4v) is 2.48. The van der Waals surface area contributed by atoms with E-state index in [1.165, 1.54) is 18.2 Å². The number of aryl methyl sites for hydroxylation is 1. The van der Waals surface area contributed by atoms with Gasteiger partial charge in [-0.2, -0.15) is 0 Å². The molecule has 0 fully saturated rings. The van der Waals surface area contributed by atoms with Crippen molar-refractivity contribution in [3.63, 3.8) is 0 Å². The van der Waals surface area contributed by atoms with Crippen molar-refractivity contribution in [2.45, 2.75) is 6.92 Å². The van der Waals surface area contributed by atoms with E-state index in [4.69, 9.17) is 23.2 Å². The van der Waals surface area contributed by atoms with Crippen LogP contribution >= 0.6 is 39.1 Å². The van der Waals surface area contributed by atoms with Gasteiger partial charge in [0.25, 0.3) is 5.91 Å². The van der Waals surface area contributed by atoms with E-state index in [0.717, 1.165) is 5.56 Å². The second kappa shape index (κ2) is 6.12. The zero-order chi connectivity index (χ0) is 14.9. The largest absolute Gasteiger partial charge is 0.321 e. The summed E-state index contributed by atoms with van der Waals surface area (Å²) in [4.78, 5) is 12.1. The number of benzene rings is 2. The van der Waals surface area contributed by atoms with E-state index in [-0.39, 0.29) is 10.0 Å². The van der Waals surface area contributed by atoms with Crippen molar-refractivity contribution in [3.05, 3.63) is 61.8 Å². The van der Waals surface area contributed by atoms with Crippen LogP contribution < -0.4 is 5.32 Å². The van der Waals surface area contributed by atoms with Crippen molar-refractivity contribution in [1.29, 1.82) is 0 Å². The number of rotatable bonds is 2. The van der Waals surface area contributed by atoms with Crippen LogP contribution in [0.5, 0.6) is 0 Å². The molecule has 0 atom stereocenters. The van der Waals surface area contributed by atoms with E-state index < -0.39 is 11.7 Å². The van der Waals surface area contributed by atoms with E-state index in [2.05, 4.69) is 21.2 Å². The molecule has 0 aromatic heterocycles. The molecule has 0 aliphatic carbocycles. The number of halogens is 4. The molecule has 0 saturated heterocycles. The van der Waals surface area contributed by atoms with Gasteiger partial charge in [0, 0.05) is 5.02 Å². The summed E-state index contributed by atoms with van der Waals surface area (Å²) in [6.45, 7) is 1.81. The van der Waals surface area contributed by atoms with E-state index in [1.54, 1.807) is 12.1 Å². The Kier molecular flexibility index (Phi) is 4.68. The fraction of sp³-hybridized carbons (Fsp3) is 0.0714. The topological polar surface area (TPSA) is 29.1 Å². The average Bonchev–Trinajstić information content (AvgIpc) is 2.39. The first-order valence-corrected chi connectivity index (χ1v) is 7.16.